The van der Waals surface area contributed by atoms with Crippen LogP contribution in [0.3, 0.4) is 0 Å². The van der Waals surface area contributed by atoms with Gasteiger partial charge >= 0.3 is 18.2 Å². The van der Waals surface area contributed by atoms with Gasteiger partial charge in [0, 0.05) is 6.21 Å². The number of oxime groups is 1. The molecule has 0 unspecified atom stereocenters. The number of hydrogen-bond donors (Lipinski definition) is 1. The highest BCUT2D eigenvalue weighted by Gasteiger charge is 2.41. The highest BCUT2D eigenvalue weighted by Crippen LogP contribution is 2.21. The van der Waals surface area contributed by atoms with Crippen LogP contribution in [-0.4, -0.2) is 57.3 Å². The molecule has 9 nitrogen and oxygen atoms in total. The summed E-state index contributed by atoms with van der Waals surface area (Å²) in [5.74, 6) is -0.796. The fourth-order valence-electron chi connectivity index (χ4n) is 1.96. The van der Waals surface area contributed by atoms with Gasteiger partial charge in [-0.2, -0.15) is 4.90 Å². The van der Waals surface area contributed by atoms with Crippen LogP contribution >= 0.6 is 0 Å². The zero-order chi connectivity index (χ0) is 22.3. The van der Waals surface area contributed by atoms with Gasteiger partial charge in [-0.3, -0.25) is 0 Å². The van der Waals surface area contributed by atoms with Crippen LogP contribution in [0.1, 0.15) is 75.2 Å². The fraction of sp³-hybridized carbons (Fsp3) is 0.789. The number of ether oxygens (including phenoxy) is 3. The van der Waals surface area contributed by atoms with Crippen molar-refractivity contribution in [1.82, 2.24) is 4.90 Å². The predicted octanol–water partition coefficient (Wildman–Crippen LogP) is 4.11. The van der Waals surface area contributed by atoms with Gasteiger partial charge in [-0.15, -0.1) is 5.16 Å². The van der Waals surface area contributed by atoms with Crippen LogP contribution in [-0.2, 0) is 19.0 Å². The molecule has 0 aromatic heterocycles. The van der Waals surface area contributed by atoms with E-state index >= 15 is 0 Å². The number of carbonyl (C=O) groups is 3. The normalized spacial score (nSPS) is 13.8. The molecule has 0 spiro atoms. The van der Waals surface area contributed by atoms with Crippen molar-refractivity contribution < 1.29 is 33.8 Å². The maximum absolute atomic E-state index is 12.7. The minimum atomic E-state index is -1.32. The van der Waals surface area contributed by atoms with E-state index in [0.29, 0.717) is 4.90 Å². The Morgan fingerprint density at radius 1 is 0.857 bits per heavy atom. The summed E-state index contributed by atoms with van der Waals surface area (Å²) in [6.07, 6.45) is -0.822. The van der Waals surface area contributed by atoms with Crippen LogP contribution in [0.5, 0.6) is 0 Å². The summed E-state index contributed by atoms with van der Waals surface area (Å²) in [4.78, 5) is 38.9. The standard InChI is InChI=1S/C19H34N2O7/c1-17(2,3)26-14(22)13(11-10-12-20-25)21(15(23)27-18(4,5)6)16(24)28-19(7,8)9/h12-13,25H,10-11H2,1-9H3/t13-/m0/s1. The third-order valence-corrected chi connectivity index (χ3v) is 2.82. The summed E-state index contributed by atoms with van der Waals surface area (Å²) < 4.78 is 16.0. The van der Waals surface area contributed by atoms with Gasteiger partial charge in [0.25, 0.3) is 0 Å². The smallest absolute Gasteiger partial charge is 0.420 e. The van der Waals surface area contributed by atoms with Crippen LogP contribution in [0.15, 0.2) is 5.16 Å². The van der Waals surface area contributed by atoms with Crippen LogP contribution < -0.4 is 0 Å². The van der Waals surface area contributed by atoms with E-state index in [1.54, 1.807) is 62.3 Å². The average Bonchev–Trinajstić information content (AvgIpc) is 2.40. The molecule has 1 N–H and O–H groups in total. The van der Waals surface area contributed by atoms with E-state index in [0.717, 1.165) is 6.21 Å². The van der Waals surface area contributed by atoms with Gasteiger partial charge in [0.1, 0.15) is 22.8 Å². The molecule has 0 aliphatic carbocycles. The second-order valence-corrected chi connectivity index (χ2v) is 9.26. The number of nitrogens with zero attached hydrogens (tertiary/aromatic N) is 2. The van der Waals surface area contributed by atoms with E-state index in [1.807, 2.05) is 0 Å². The Kier molecular flexibility index (Phi) is 8.94. The lowest BCUT2D eigenvalue weighted by Crippen LogP contribution is -2.53. The lowest BCUT2D eigenvalue weighted by atomic mass is 10.1. The molecule has 0 saturated heterocycles. The number of imide groups is 1. The maximum atomic E-state index is 12.7. The Bertz CT molecular complexity index is 553. The zero-order valence-electron chi connectivity index (χ0n) is 18.4. The molecule has 9 heteroatoms. The zero-order valence-corrected chi connectivity index (χ0v) is 18.4. The fourth-order valence-corrected chi connectivity index (χ4v) is 1.96. The summed E-state index contributed by atoms with van der Waals surface area (Å²) in [6.45, 7) is 14.8. The molecule has 0 aromatic rings. The molecule has 0 heterocycles. The Labute approximate surface area is 167 Å². The van der Waals surface area contributed by atoms with E-state index in [4.69, 9.17) is 19.4 Å². The van der Waals surface area contributed by atoms with Crippen LogP contribution in [0.2, 0.25) is 0 Å². The van der Waals surface area contributed by atoms with Crippen LogP contribution in [0, 0.1) is 0 Å². The molecular formula is C19H34N2O7. The van der Waals surface area contributed by atoms with Gasteiger partial charge in [0.05, 0.1) is 0 Å². The van der Waals surface area contributed by atoms with Gasteiger partial charge in [0.2, 0.25) is 0 Å². The van der Waals surface area contributed by atoms with E-state index in [1.165, 1.54) is 0 Å². The number of carbonyl (C=O) groups excluding carboxylic acids is 3. The minimum Gasteiger partial charge on any atom is -0.458 e. The maximum Gasteiger partial charge on any atom is 0.420 e. The summed E-state index contributed by atoms with van der Waals surface area (Å²) in [5, 5.41) is 11.5. The van der Waals surface area contributed by atoms with E-state index in [-0.39, 0.29) is 12.8 Å². The Balaban J connectivity index is 5.98. The predicted molar refractivity (Wildman–Crippen MR) is 103 cm³/mol. The molecular weight excluding hydrogens is 368 g/mol. The van der Waals surface area contributed by atoms with Crippen LogP contribution in [0.4, 0.5) is 9.59 Å². The van der Waals surface area contributed by atoms with Crippen molar-refractivity contribution in [2.75, 3.05) is 0 Å². The summed E-state index contributed by atoms with van der Waals surface area (Å²) in [7, 11) is 0. The number of esters is 1. The Hall–Kier alpha value is -2.32. The largest absolute Gasteiger partial charge is 0.458 e. The average molecular weight is 402 g/mol. The van der Waals surface area contributed by atoms with Gasteiger partial charge in [-0.05, 0) is 75.2 Å². The lowest BCUT2D eigenvalue weighted by molar-refractivity contribution is -0.161. The molecule has 0 bridgehead atoms. The second-order valence-electron chi connectivity index (χ2n) is 9.26. The molecule has 0 aromatic carbocycles. The summed E-state index contributed by atoms with van der Waals surface area (Å²) in [5.41, 5.74) is -2.64. The first-order valence-electron chi connectivity index (χ1n) is 9.11. The topological polar surface area (TPSA) is 115 Å². The first kappa shape index (κ1) is 25.7. The Morgan fingerprint density at radius 2 is 1.25 bits per heavy atom. The van der Waals surface area contributed by atoms with Crippen molar-refractivity contribution in [3.05, 3.63) is 0 Å². The van der Waals surface area contributed by atoms with Gasteiger partial charge in [-0.25, -0.2) is 14.4 Å². The third kappa shape index (κ3) is 10.7. The minimum absolute atomic E-state index is 0.0303. The highest BCUT2D eigenvalue weighted by atomic mass is 16.6. The van der Waals surface area contributed by atoms with Gasteiger partial charge in [0.15, 0.2) is 0 Å². The van der Waals surface area contributed by atoms with Crippen molar-refractivity contribution in [1.29, 1.82) is 0 Å². The van der Waals surface area contributed by atoms with E-state index in [2.05, 4.69) is 5.16 Å². The monoisotopic (exact) mass is 402 g/mol. The first-order chi connectivity index (χ1) is 12.5. The highest BCUT2D eigenvalue weighted by molar-refractivity contribution is 5.94. The number of rotatable bonds is 5. The van der Waals surface area contributed by atoms with E-state index < -0.39 is 41.0 Å². The number of amides is 2. The van der Waals surface area contributed by atoms with Crippen molar-refractivity contribution >= 4 is 24.4 Å². The Morgan fingerprint density at radius 3 is 1.57 bits per heavy atom. The van der Waals surface area contributed by atoms with Crippen molar-refractivity contribution in [3.8, 4) is 0 Å². The van der Waals surface area contributed by atoms with E-state index in [9.17, 15) is 14.4 Å². The third-order valence-electron chi connectivity index (χ3n) is 2.82. The molecule has 28 heavy (non-hydrogen) atoms. The molecule has 1 atom stereocenters. The molecule has 0 saturated carbocycles. The number of hydrogen-bond acceptors (Lipinski definition) is 8. The van der Waals surface area contributed by atoms with Crippen molar-refractivity contribution in [2.24, 2.45) is 5.16 Å². The van der Waals surface area contributed by atoms with Gasteiger partial charge in [-0.1, -0.05) is 0 Å². The molecule has 2 amide bonds. The second kappa shape index (κ2) is 9.75. The van der Waals surface area contributed by atoms with Crippen molar-refractivity contribution in [3.63, 3.8) is 0 Å². The van der Waals surface area contributed by atoms with Gasteiger partial charge < -0.3 is 19.4 Å². The molecule has 0 radical (unpaired) electrons. The summed E-state index contributed by atoms with van der Waals surface area (Å²) >= 11 is 0. The molecule has 0 aliphatic rings. The lowest BCUT2D eigenvalue weighted by Gasteiger charge is -2.33. The molecule has 162 valence electrons. The van der Waals surface area contributed by atoms with Crippen molar-refractivity contribution in [2.45, 2.75) is 98.0 Å². The summed E-state index contributed by atoms with van der Waals surface area (Å²) in [6, 6.07) is -1.32. The first-order valence-corrected chi connectivity index (χ1v) is 9.11. The molecule has 0 aliphatic heterocycles. The molecule has 0 rings (SSSR count). The van der Waals surface area contributed by atoms with Crippen LogP contribution in [0.25, 0.3) is 0 Å². The SMILES string of the molecule is CC(C)(C)OC(=O)[C@H](CCC=NO)N(C(=O)OC(C)(C)C)C(=O)OC(C)(C)C. The molecule has 0 fully saturated rings. The quantitative estimate of drug-likeness (QED) is 0.242.